The van der Waals surface area contributed by atoms with Gasteiger partial charge in [0, 0.05) is 6.42 Å². The van der Waals surface area contributed by atoms with Crippen molar-refractivity contribution in [2.75, 3.05) is 13.2 Å². The van der Waals surface area contributed by atoms with Crippen LogP contribution in [0.1, 0.15) is 303 Å². The normalized spacial score (nSPS) is 19.2. The number of ether oxygens (including phenoxy) is 2. The van der Waals surface area contributed by atoms with E-state index >= 15 is 0 Å². The maximum Gasteiger partial charge on any atom is 0.220 e. The van der Waals surface area contributed by atoms with Gasteiger partial charge in [0.05, 0.1) is 25.4 Å². The van der Waals surface area contributed by atoms with E-state index in [1.54, 1.807) is 0 Å². The van der Waals surface area contributed by atoms with E-state index in [0.29, 0.717) is 12.8 Å². The number of unbranched alkanes of at least 4 members (excludes halogenated alkanes) is 36. The van der Waals surface area contributed by atoms with E-state index in [4.69, 9.17) is 9.47 Å². The molecule has 0 aromatic rings. The highest BCUT2D eigenvalue weighted by molar-refractivity contribution is 5.76. The molecule has 0 saturated carbocycles. The second kappa shape index (κ2) is 56.2. The fourth-order valence-corrected chi connectivity index (χ4v) is 10.3. The highest BCUT2D eigenvalue weighted by Gasteiger charge is 2.44. The third-order valence-corrected chi connectivity index (χ3v) is 15.4. The van der Waals surface area contributed by atoms with Crippen molar-refractivity contribution in [1.29, 1.82) is 0 Å². The lowest BCUT2D eigenvalue weighted by atomic mass is 9.99. The molecule has 7 atom stereocenters. The van der Waals surface area contributed by atoms with Gasteiger partial charge in [0.25, 0.3) is 0 Å². The van der Waals surface area contributed by atoms with Crippen LogP contribution in [0.25, 0.3) is 0 Å². The molecule has 1 saturated heterocycles. The SMILES string of the molecule is CC/C=C\C/C=C\C/C=C\C/C=C\C/C=C\CCCCCCCCCCCCCCCCCCCCCCCCCC(=O)NC(COC1OC(CO)C(O)C(O)C1O)C(O)CCCCCCCCCCCCCCCC. The zero-order valence-electron chi connectivity index (χ0n) is 49.5. The number of nitrogens with one attached hydrogen (secondary N) is 1. The molecule has 1 rings (SSSR count). The van der Waals surface area contributed by atoms with Crippen LogP contribution in [0.5, 0.6) is 0 Å². The van der Waals surface area contributed by atoms with Crippen molar-refractivity contribution in [3.8, 4) is 0 Å². The molecule has 0 bridgehead atoms. The maximum absolute atomic E-state index is 13.1. The van der Waals surface area contributed by atoms with E-state index in [1.807, 2.05) is 0 Å². The van der Waals surface area contributed by atoms with Gasteiger partial charge in [0.2, 0.25) is 5.91 Å². The Hall–Kier alpha value is -2.11. The number of hydrogen-bond acceptors (Lipinski definition) is 8. The minimum absolute atomic E-state index is 0.135. The van der Waals surface area contributed by atoms with Crippen molar-refractivity contribution in [3.05, 3.63) is 60.8 Å². The fourth-order valence-electron chi connectivity index (χ4n) is 10.3. The second-order valence-electron chi connectivity index (χ2n) is 22.5. The van der Waals surface area contributed by atoms with E-state index < -0.39 is 49.5 Å². The molecule has 1 fully saturated rings. The quantitative estimate of drug-likeness (QED) is 0.0261. The highest BCUT2D eigenvalue weighted by atomic mass is 16.7. The number of carbonyl (C=O) groups is 1. The van der Waals surface area contributed by atoms with Gasteiger partial charge in [-0.1, -0.05) is 299 Å². The van der Waals surface area contributed by atoms with E-state index in [-0.39, 0.29) is 12.5 Å². The number of aliphatic hydroxyl groups is 5. The van der Waals surface area contributed by atoms with Crippen molar-refractivity contribution >= 4 is 5.91 Å². The summed E-state index contributed by atoms with van der Waals surface area (Å²) in [5.74, 6) is -0.140. The minimum atomic E-state index is -1.55. The number of hydrogen-bond donors (Lipinski definition) is 6. The van der Waals surface area contributed by atoms with Crippen molar-refractivity contribution in [2.45, 2.75) is 346 Å². The standard InChI is InChI=1S/C67H123NO8/c1-3-5-7-9-11-13-15-17-19-20-21-22-23-24-25-26-27-28-29-30-31-32-33-34-35-36-37-38-39-40-41-42-43-45-47-49-51-53-55-57-63(71)68-60(59-75-67-66(74)65(73)64(72)62(58-69)76-67)61(70)56-54-52-50-48-46-44-18-16-14-12-10-8-6-4-2/h5,7,11,13,17,19,21-22,24-25,60-62,64-67,69-70,72-74H,3-4,6,8-10,12,14-16,18,20,23,26-59H2,1-2H3,(H,68,71)/b7-5-,13-11-,19-17-,22-21-,25-24-. The third kappa shape index (κ3) is 44.7. The summed E-state index contributed by atoms with van der Waals surface area (Å²) in [6.45, 7) is 3.74. The van der Waals surface area contributed by atoms with Gasteiger partial charge in [-0.3, -0.25) is 4.79 Å². The van der Waals surface area contributed by atoms with E-state index in [2.05, 4.69) is 79.9 Å². The molecular weight excluding hydrogens is 947 g/mol. The second-order valence-corrected chi connectivity index (χ2v) is 22.5. The van der Waals surface area contributed by atoms with Crippen LogP contribution in [0.2, 0.25) is 0 Å². The number of allylic oxidation sites excluding steroid dienone is 10. The van der Waals surface area contributed by atoms with Gasteiger partial charge in [-0.05, 0) is 57.8 Å². The Morgan fingerprint density at radius 2 is 0.816 bits per heavy atom. The van der Waals surface area contributed by atoms with Crippen LogP contribution in [0.4, 0.5) is 0 Å². The van der Waals surface area contributed by atoms with Gasteiger partial charge in [0.15, 0.2) is 6.29 Å². The predicted octanol–water partition coefficient (Wildman–Crippen LogP) is 17.0. The van der Waals surface area contributed by atoms with Gasteiger partial charge >= 0.3 is 0 Å². The van der Waals surface area contributed by atoms with Crippen molar-refractivity contribution in [3.63, 3.8) is 0 Å². The minimum Gasteiger partial charge on any atom is -0.394 e. The largest absolute Gasteiger partial charge is 0.394 e. The highest BCUT2D eigenvalue weighted by Crippen LogP contribution is 2.23. The Labute approximate surface area is 468 Å². The van der Waals surface area contributed by atoms with E-state index in [9.17, 15) is 30.3 Å². The molecule has 0 aromatic heterocycles. The molecule has 0 radical (unpaired) electrons. The van der Waals surface area contributed by atoms with Crippen LogP contribution in [-0.4, -0.2) is 87.5 Å². The summed E-state index contributed by atoms with van der Waals surface area (Å²) in [7, 11) is 0. The zero-order valence-corrected chi connectivity index (χ0v) is 49.5. The first-order chi connectivity index (χ1) is 37.3. The summed E-state index contributed by atoms with van der Waals surface area (Å²) in [6, 6.07) is -0.718. The van der Waals surface area contributed by atoms with Crippen molar-refractivity contribution in [2.24, 2.45) is 0 Å². The van der Waals surface area contributed by atoms with Crippen LogP contribution in [-0.2, 0) is 14.3 Å². The lowest BCUT2D eigenvalue weighted by Gasteiger charge is -2.40. The molecule has 1 heterocycles. The van der Waals surface area contributed by atoms with Gasteiger partial charge in [-0.25, -0.2) is 0 Å². The summed E-state index contributed by atoms with van der Waals surface area (Å²) in [5.41, 5.74) is 0. The average molecular weight is 1070 g/mol. The number of aliphatic hydroxyl groups excluding tert-OH is 5. The molecule has 6 N–H and O–H groups in total. The zero-order chi connectivity index (χ0) is 55.0. The first-order valence-electron chi connectivity index (χ1n) is 32.5. The number of rotatable bonds is 56. The van der Waals surface area contributed by atoms with Crippen molar-refractivity contribution < 1.29 is 39.8 Å². The number of carbonyl (C=O) groups excluding carboxylic acids is 1. The Bertz CT molecular complexity index is 1380. The molecule has 9 heteroatoms. The van der Waals surface area contributed by atoms with Crippen LogP contribution < -0.4 is 5.32 Å². The topological polar surface area (TPSA) is 149 Å². The molecule has 0 aromatic carbocycles. The molecule has 0 spiro atoms. The fraction of sp³-hybridized carbons (Fsp3) is 0.836. The van der Waals surface area contributed by atoms with Crippen molar-refractivity contribution in [1.82, 2.24) is 5.32 Å². The molecule has 76 heavy (non-hydrogen) atoms. The van der Waals surface area contributed by atoms with E-state index in [0.717, 1.165) is 70.6 Å². The van der Waals surface area contributed by atoms with Gasteiger partial charge < -0.3 is 40.3 Å². The predicted molar refractivity (Wildman–Crippen MR) is 322 cm³/mol. The molecule has 7 unspecified atom stereocenters. The first-order valence-corrected chi connectivity index (χ1v) is 32.5. The first kappa shape index (κ1) is 71.9. The molecule has 0 aliphatic carbocycles. The molecule has 9 nitrogen and oxygen atoms in total. The summed E-state index contributed by atoms with van der Waals surface area (Å²) < 4.78 is 11.3. The van der Waals surface area contributed by atoms with Crippen LogP contribution in [0.15, 0.2) is 60.8 Å². The lowest BCUT2D eigenvalue weighted by Crippen LogP contribution is -2.60. The van der Waals surface area contributed by atoms with Crippen LogP contribution in [0, 0.1) is 0 Å². The monoisotopic (exact) mass is 1070 g/mol. The summed E-state index contributed by atoms with van der Waals surface area (Å²) in [4.78, 5) is 13.1. The Balaban J connectivity index is 2.03. The average Bonchev–Trinajstić information content (AvgIpc) is 3.42. The molecule has 1 amide bonds. The summed E-state index contributed by atoms with van der Waals surface area (Å²) in [6.07, 6.45) is 70.0. The Morgan fingerprint density at radius 3 is 1.21 bits per heavy atom. The smallest absolute Gasteiger partial charge is 0.220 e. The lowest BCUT2D eigenvalue weighted by molar-refractivity contribution is -0.302. The molecule has 1 aliphatic heterocycles. The Morgan fingerprint density at radius 1 is 0.461 bits per heavy atom. The summed E-state index contributed by atoms with van der Waals surface area (Å²) >= 11 is 0. The molecule has 1 aliphatic rings. The third-order valence-electron chi connectivity index (χ3n) is 15.4. The molecular formula is C67H123NO8. The van der Waals surface area contributed by atoms with Crippen LogP contribution >= 0.6 is 0 Å². The van der Waals surface area contributed by atoms with E-state index in [1.165, 1.54) is 205 Å². The van der Waals surface area contributed by atoms with Gasteiger partial charge in [0.1, 0.15) is 24.4 Å². The van der Waals surface area contributed by atoms with Gasteiger partial charge in [-0.15, -0.1) is 0 Å². The number of amides is 1. The Kier molecular flexibility index (Phi) is 53.1. The van der Waals surface area contributed by atoms with Gasteiger partial charge in [-0.2, -0.15) is 0 Å². The maximum atomic E-state index is 13.1. The molecule has 444 valence electrons. The summed E-state index contributed by atoms with van der Waals surface area (Å²) in [5, 5.41) is 54.7. The van der Waals surface area contributed by atoms with Crippen LogP contribution in [0.3, 0.4) is 0 Å².